The molecule has 0 aliphatic carbocycles. The fraction of sp³-hybridized carbons (Fsp3) is 0.333. The summed E-state index contributed by atoms with van der Waals surface area (Å²) in [7, 11) is 4.34. The summed E-state index contributed by atoms with van der Waals surface area (Å²) >= 11 is 0. The molecule has 0 saturated heterocycles. The van der Waals surface area contributed by atoms with Crippen molar-refractivity contribution in [1.82, 2.24) is 4.90 Å². The summed E-state index contributed by atoms with van der Waals surface area (Å²) in [6.07, 6.45) is -1.62. The van der Waals surface area contributed by atoms with Gasteiger partial charge >= 0.3 is 12.1 Å². The maximum Gasteiger partial charge on any atom is 0.410 e. The van der Waals surface area contributed by atoms with Gasteiger partial charge in [0.15, 0.2) is 0 Å². The van der Waals surface area contributed by atoms with E-state index in [4.69, 9.17) is 4.74 Å². The van der Waals surface area contributed by atoms with Gasteiger partial charge in [0, 0.05) is 19.7 Å². The third-order valence-electron chi connectivity index (χ3n) is 2.10. The number of amides is 1. The van der Waals surface area contributed by atoms with Crippen LogP contribution in [0.5, 0.6) is 0 Å². The van der Waals surface area contributed by atoms with E-state index in [1.165, 1.54) is 12.0 Å². The van der Waals surface area contributed by atoms with E-state index in [2.05, 4.69) is 4.74 Å². The van der Waals surface area contributed by atoms with Crippen LogP contribution in [0.3, 0.4) is 0 Å². The van der Waals surface area contributed by atoms with E-state index < -0.39 is 18.2 Å². The fourth-order valence-corrected chi connectivity index (χ4v) is 1.19. The number of nitrogens with zero attached hydrogens (tertiary/aromatic N) is 1. The molecule has 17 heavy (non-hydrogen) atoms. The van der Waals surface area contributed by atoms with Gasteiger partial charge in [-0.25, -0.2) is 9.59 Å². The first kappa shape index (κ1) is 13.0. The summed E-state index contributed by atoms with van der Waals surface area (Å²) < 4.78 is 9.68. The first-order valence-corrected chi connectivity index (χ1v) is 5.07. The molecule has 0 unspecified atom stereocenters. The number of benzene rings is 1. The topological polar surface area (TPSA) is 55.8 Å². The van der Waals surface area contributed by atoms with Crippen molar-refractivity contribution in [2.24, 2.45) is 0 Å². The van der Waals surface area contributed by atoms with Crippen molar-refractivity contribution >= 4 is 12.1 Å². The summed E-state index contributed by atoms with van der Waals surface area (Å²) in [5.74, 6) is -0.605. The number of carbonyl (C=O) groups is 2. The molecule has 1 atom stereocenters. The molecule has 1 amide bonds. The maximum absolute atomic E-state index is 11.6. The number of hydrogen-bond donors (Lipinski definition) is 0. The zero-order valence-electron chi connectivity index (χ0n) is 10.0. The molecule has 0 radical (unpaired) electrons. The van der Waals surface area contributed by atoms with Crippen molar-refractivity contribution in [1.29, 1.82) is 0 Å². The van der Waals surface area contributed by atoms with Crippen LogP contribution in [0.25, 0.3) is 0 Å². The van der Waals surface area contributed by atoms with Crippen molar-refractivity contribution in [2.45, 2.75) is 6.10 Å². The average molecular weight is 237 g/mol. The lowest BCUT2D eigenvalue weighted by atomic mass is 10.1. The van der Waals surface area contributed by atoms with Gasteiger partial charge in [0.05, 0.1) is 7.11 Å². The summed E-state index contributed by atoms with van der Waals surface area (Å²) in [6, 6.07) is 8.73. The second-order valence-corrected chi connectivity index (χ2v) is 3.59. The molecular formula is C12H15NO4. The molecule has 1 aromatic rings. The normalized spacial score (nSPS) is 11.5. The van der Waals surface area contributed by atoms with Crippen LogP contribution in [0.15, 0.2) is 30.3 Å². The van der Waals surface area contributed by atoms with Crippen LogP contribution in [-0.2, 0) is 14.3 Å². The highest BCUT2D eigenvalue weighted by Gasteiger charge is 2.26. The molecule has 1 rings (SSSR count). The first-order valence-electron chi connectivity index (χ1n) is 5.07. The summed E-state index contributed by atoms with van der Waals surface area (Å²) in [5, 5.41) is 0. The Morgan fingerprint density at radius 3 is 2.24 bits per heavy atom. The lowest BCUT2D eigenvalue weighted by Crippen LogP contribution is -2.28. The van der Waals surface area contributed by atoms with Crippen molar-refractivity contribution < 1.29 is 19.1 Å². The average Bonchev–Trinajstić information content (AvgIpc) is 2.35. The van der Waals surface area contributed by atoms with Crippen molar-refractivity contribution in [3.63, 3.8) is 0 Å². The number of methoxy groups -OCH3 is 1. The van der Waals surface area contributed by atoms with Gasteiger partial charge in [0.1, 0.15) is 0 Å². The van der Waals surface area contributed by atoms with Gasteiger partial charge in [-0.05, 0) is 0 Å². The van der Waals surface area contributed by atoms with Gasteiger partial charge in [0.25, 0.3) is 0 Å². The molecular weight excluding hydrogens is 222 g/mol. The third-order valence-corrected chi connectivity index (χ3v) is 2.10. The minimum atomic E-state index is -1.03. The van der Waals surface area contributed by atoms with Gasteiger partial charge < -0.3 is 14.4 Å². The molecule has 0 saturated carbocycles. The van der Waals surface area contributed by atoms with Gasteiger partial charge in [-0.1, -0.05) is 30.3 Å². The summed E-state index contributed by atoms with van der Waals surface area (Å²) in [4.78, 5) is 24.2. The standard InChI is InChI=1S/C12H15NO4/c1-13(2)12(15)17-10(11(14)16-3)9-7-5-4-6-8-9/h4-8,10H,1-3H3/t10-/m0/s1. The van der Waals surface area contributed by atoms with Crippen LogP contribution in [0.2, 0.25) is 0 Å². The maximum atomic E-state index is 11.6. The van der Waals surface area contributed by atoms with Crippen LogP contribution in [0, 0.1) is 0 Å². The molecule has 5 nitrogen and oxygen atoms in total. The van der Waals surface area contributed by atoms with Crippen LogP contribution >= 0.6 is 0 Å². The Balaban J connectivity index is 2.90. The predicted molar refractivity (Wildman–Crippen MR) is 61.4 cm³/mol. The molecule has 0 N–H and O–H groups in total. The molecule has 0 spiro atoms. The highest BCUT2D eigenvalue weighted by Crippen LogP contribution is 2.19. The van der Waals surface area contributed by atoms with Gasteiger partial charge in [-0.2, -0.15) is 0 Å². The van der Waals surface area contributed by atoms with Crippen molar-refractivity contribution in [3.05, 3.63) is 35.9 Å². The number of rotatable bonds is 3. The quantitative estimate of drug-likeness (QED) is 0.749. The Labute approximate surface area is 99.9 Å². The van der Waals surface area contributed by atoms with Crippen LogP contribution in [0.1, 0.15) is 11.7 Å². The Morgan fingerprint density at radius 2 is 1.76 bits per heavy atom. The van der Waals surface area contributed by atoms with Crippen molar-refractivity contribution in [2.75, 3.05) is 21.2 Å². The SMILES string of the molecule is COC(=O)[C@@H](OC(=O)N(C)C)c1ccccc1. The van der Waals surface area contributed by atoms with Crippen LogP contribution in [-0.4, -0.2) is 38.2 Å². The van der Waals surface area contributed by atoms with Crippen molar-refractivity contribution in [3.8, 4) is 0 Å². The molecule has 0 aliphatic heterocycles. The lowest BCUT2D eigenvalue weighted by Gasteiger charge is -2.18. The Hall–Kier alpha value is -2.04. The minimum Gasteiger partial charge on any atom is -0.466 e. The van der Waals surface area contributed by atoms with E-state index in [-0.39, 0.29) is 0 Å². The molecule has 0 heterocycles. The Bertz CT molecular complexity index is 389. The second-order valence-electron chi connectivity index (χ2n) is 3.59. The van der Waals surface area contributed by atoms with Gasteiger partial charge in [-0.15, -0.1) is 0 Å². The second kappa shape index (κ2) is 5.89. The summed E-state index contributed by atoms with van der Waals surface area (Å²) in [5.41, 5.74) is 0.578. The third kappa shape index (κ3) is 3.48. The first-order chi connectivity index (χ1) is 8.06. The van der Waals surface area contributed by atoms with E-state index >= 15 is 0 Å². The van der Waals surface area contributed by atoms with Crippen LogP contribution < -0.4 is 0 Å². The number of carbonyl (C=O) groups excluding carboxylic acids is 2. The molecule has 92 valence electrons. The van der Waals surface area contributed by atoms with E-state index in [1.54, 1.807) is 38.4 Å². The zero-order chi connectivity index (χ0) is 12.8. The zero-order valence-corrected chi connectivity index (χ0v) is 10.0. The van der Waals surface area contributed by atoms with Crippen LogP contribution in [0.4, 0.5) is 4.79 Å². The molecule has 0 aromatic heterocycles. The highest BCUT2D eigenvalue weighted by atomic mass is 16.6. The lowest BCUT2D eigenvalue weighted by molar-refractivity contribution is -0.151. The Morgan fingerprint density at radius 1 is 1.18 bits per heavy atom. The minimum absolute atomic E-state index is 0.578. The largest absolute Gasteiger partial charge is 0.466 e. The van der Waals surface area contributed by atoms with E-state index in [9.17, 15) is 9.59 Å². The van der Waals surface area contributed by atoms with E-state index in [0.717, 1.165) is 0 Å². The smallest absolute Gasteiger partial charge is 0.410 e. The van der Waals surface area contributed by atoms with Gasteiger partial charge in [-0.3, -0.25) is 0 Å². The highest BCUT2D eigenvalue weighted by molar-refractivity contribution is 5.80. The van der Waals surface area contributed by atoms with Gasteiger partial charge in [0.2, 0.25) is 6.10 Å². The molecule has 0 aliphatic rings. The number of ether oxygens (including phenoxy) is 2. The Kier molecular flexibility index (Phi) is 4.51. The van der Waals surface area contributed by atoms with E-state index in [1.807, 2.05) is 6.07 Å². The fourth-order valence-electron chi connectivity index (χ4n) is 1.19. The molecule has 0 fully saturated rings. The summed E-state index contributed by atoms with van der Waals surface area (Å²) in [6.45, 7) is 0. The number of hydrogen-bond acceptors (Lipinski definition) is 4. The molecule has 0 bridgehead atoms. The van der Waals surface area contributed by atoms with E-state index in [0.29, 0.717) is 5.56 Å². The number of esters is 1. The molecule has 1 aromatic carbocycles. The predicted octanol–water partition coefficient (Wildman–Crippen LogP) is 1.60. The monoisotopic (exact) mass is 237 g/mol. The molecule has 5 heteroatoms.